The Bertz CT molecular complexity index is 145. The zero-order chi connectivity index (χ0) is 10.2. The largest absolute Gasteiger partial charge is 0.311 e. The van der Waals surface area contributed by atoms with Gasteiger partial charge in [-0.15, -0.1) is 6.58 Å². The van der Waals surface area contributed by atoms with E-state index in [4.69, 9.17) is 0 Å². The van der Waals surface area contributed by atoms with Gasteiger partial charge in [-0.05, 0) is 32.6 Å². The van der Waals surface area contributed by atoms with E-state index in [2.05, 4.69) is 18.8 Å². The molecule has 1 atom stereocenters. The number of hydrogen-bond donors (Lipinski definition) is 1. The first kappa shape index (κ1) is 11.8. The molecule has 0 amide bonds. The van der Waals surface area contributed by atoms with Gasteiger partial charge in [-0.25, -0.2) is 0 Å². The van der Waals surface area contributed by atoms with Crippen LogP contribution in [0.4, 0.5) is 0 Å². The maximum absolute atomic E-state index is 3.77. The first-order valence-electron chi connectivity index (χ1n) is 6.20. The van der Waals surface area contributed by atoms with Gasteiger partial charge in [0.15, 0.2) is 0 Å². The minimum Gasteiger partial charge on any atom is -0.311 e. The third-order valence-electron chi connectivity index (χ3n) is 3.18. The van der Waals surface area contributed by atoms with Gasteiger partial charge in [0.1, 0.15) is 0 Å². The predicted octanol–water partition coefficient (Wildman–Crippen LogP) is 3.65. The van der Waals surface area contributed by atoms with Crippen LogP contribution in [0.15, 0.2) is 12.7 Å². The topological polar surface area (TPSA) is 12.0 Å². The highest BCUT2D eigenvalue weighted by molar-refractivity contribution is 4.76. The summed E-state index contributed by atoms with van der Waals surface area (Å²) in [5.74, 6) is 0. The highest BCUT2D eigenvalue weighted by atomic mass is 14.9. The third kappa shape index (κ3) is 4.80. The van der Waals surface area contributed by atoms with E-state index in [0.29, 0.717) is 6.04 Å². The van der Waals surface area contributed by atoms with Crippen LogP contribution in [0.25, 0.3) is 0 Å². The normalized spacial score (nSPS) is 21.5. The van der Waals surface area contributed by atoms with E-state index in [1.165, 1.54) is 44.9 Å². The van der Waals surface area contributed by atoms with E-state index in [-0.39, 0.29) is 0 Å². The summed E-state index contributed by atoms with van der Waals surface area (Å²) in [6.45, 7) is 6.07. The molecule has 0 aromatic heterocycles. The number of rotatable bonds is 5. The van der Waals surface area contributed by atoms with Crippen LogP contribution in [0.5, 0.6) is 0 Å². The molecule has 0 spiro atoms. The van der Waals surface area contributed by atoms with Crippen LogP contribution in [0.1, 0.15) is 58.3 Å². The summed E-state index contributed by atoms with van der Waals surface area (Å²) in [5.41, 5.74) is 0. The van der Waals surface area contributed by atoms with E-state index in [0.717, 1.165) is 12.5 Å². The van der Waals surface area contributed by atoms with Gasteiger partial charge >= 0.3 is 0 Å². The molecule has 1 rings (SSSR count). The predicted molar refractivity (Wildman–Crippen MR) is 63.5 cm³/mol. The molecule has 0 saturated heterocycles. The van der Waals surface area contributed by atoms with Crippen LogP contribution in [-0.2, 0) is 0 Å². The van der Waals surface area contributed by atoms with Gasteiger partial charge < -0.3 is 5.32 Å². The molecule has 0 radical (unpaired) electrons. The first-order chi connectivity index (χ1) is 6.83. The zero-order valence-electron chi connectivity index (χ0n) is 9.60. The van der Waals surface area contributed by atoms with E-state index in [1.54, 1.807) is 0 Å². The van der Waals surface area contributed by atoms with Crippen LogP contribution >= 0.6 is 0 Å². The molecule has 1 N–H and O–H groups in total. The van der Waals surface area contributed by atoms with Crippen LogP contribution in [0.3, 0.4) is 0 Å². The van der Waals surface area contributed by atoms with Crippen molar-refractivity contribution in [1.82, 2.24) is 5.32 Å². The molecule has 1 aliphatic rings. The van der Waals surface area contributed by atoms with Gasteiger partial charge in [-0.2, -0.15) is 0 Å². The van der Waals surface area contributed by atoms with Crippen LogP contribution in [0.2, 0.25) is 0 Å². The molecule has 0 aromatic rings. The van der Waals surface area contributed by atoms with E-state index in [1.807, 2.05) is 6.08 Å². The molecule has 14 heavy (non-hydrogen) atoms. The summed E-state index contributed by atoms with van der Waals surface area (Å²) < 4.78 is 0. The molecule has 0 aliphatic heterocycles. The van der Waals surface area contributed by atoms with Gasteiger partial charge in [0, 0.05) is 12.1 Å². The van der Waals surface area contributed by atoms with Gasteiger partial charge in [-0.1, -0.05) is 31.8 Å². The third-order valence-corrected chi connectivity index (χ3v) is 3.18. The summed E-state index contributed by atoms with van der Waals surface area (Å²) >= 11 is 0. The second kappa shape index (κ2) is 7.05. The van der Waals surface area contributed by atoms with E-state index in [9.17, 15) is 0 Å². The Hall–Kier alpha value is -0.300. The lowest BCUT2D eigenvalue weighted by Crippen LogP contribution is -2.36. The second-order valence-electron chi connectivity index (χ2n) is 4.62. The second-order valence-corrected chi connectivity index (χ2v) is 4.62. The Balaban J connectivity index is 2.16. The molecule has 1 heteroatoms. The van der Waals surface area contributed by atoms with Crippen molar-refractivity contribution in [2.24, 2.45) is 0 Å². The Kier molecular flexibility index (Phi) is 5.93. The Morgan fingerprint density at radius 2 is 1.93 bits per heavy atom. The number of nitrogens with one attached hydrogen (secondary N) is 1. The molecule has 1 nitrogen and oxygen atoms in total. The lowest BCUT2D eigenvalue weighted by atomic mass is 10.1. The van der Waals surface area contributed by atoms with Gasteiger partial charge in [0.2, 0.25) is 0 Å². The fourth-order valence-corrected chi connectivity index (χ4v) is 2.30. The van der Waals surface area contributed by atoms with Gasteiger partial charge in [0.25, 0.3) is 0 Å². The van der Waals surface area contributed by atoms with Crippen molar-refractivity contribution >= 4 is 0 Å². The average Bonchev–Trinajstić information content (AvgIpc) is 2.43. The molecule has 1 fully saturated rings. The van der Waals surface area contributed by atoms with Crippen molar-refractivity contribution < 1.29 is 0 Å². The van der Waals surface area contributed by atoms with Crippen LogP contribution in [0, 0.1) is 0 Å². The lowest BCUT2D eigenvalue weighted by molar-refractivity contribution is 0.395. The highest BCUT2D eigenvalue weighted by Gasteiger charge is 2.13. The van der Waals surface area contributed by atoms with Gasteiger partial charge in [0.05, 0.1) is 0 Å². The molecular weight excluding hydrogens is 170 g/mol. The number of allylic oxidation sites excluding steroid dienone is 1. The molecule has 0 bridgehead atoms. The molecule has 0 heterocycles. The summed E-state index contributed by atoms with van der Waals surface area (Å²) in [4.78, 5) is 0. The van der Waals surface area contributed by atoms with Crippen molar-refractivity contribution in [3.63, 3.8) is 0 Å². The summed E-state index contributed by atoms with van der Waals surface area (Å²) in [7, 11) is 0. The Labute approximate surface area is 89.0 Å². The van der Waals surface area contributed by atoms with E-state index < -0.39 is 0 Å². The number of hydrogen-bond acceptors (Lipinski definition) is 1. The first-order valence-corrected chi connectivity index (χ1v) is 6.20. The molecule has 1 saturated carbocycles. The lowest BCUT2D eigenvalue weighted by Gasteiger charge is -2.21. The van der Waals surface area contributed by atoms with Gasteiger partial charge in [-0.3, -0.25) is 0 Å². The summed E-state index contributed by atoms with van der Waals surface area (Å²) in [6, 6.07) is 1.45. The molecular formula is C13H25N. The fourth-order valence-electron chi connectivity index (χ4n) is 2.30. The minimum absolute atomic E-state index is 0.663. The summed E-state index contributed by atoms with van der Waals surface area (Å²) in [6.07, 6.45) is 12.9. The van der Waals surface area contributed by atoms with Crippen LogP contribution in [-0.4, -0.2) is 12.1 Å². The molecule has 1 aliphatic carbocycles. The monoisotopic (exact) mass is 195 g/mol. The fraction of sp³-hybridized carbons (Fsp3) is 0.846. The summed E-state index contributed by atoms with van der Waals surface area (Å²) in [5, 5.41) is 3.75. The van der Waals surface area contributed by atoms with Crippen LogP contribution < -0.4 is 5.32 Å². The minimum atomic E-state index is 0.663. The van der Waals surface area contributed by atoms with Crippen molar-refractivity contribution in [2.75, 3.05) is 0 Å². The standard InChI is InChI=1S/C13H25N/c1-3-4-9-12(2)14-13-10-7-5-6-8-11-13/h3,12-14H,1,4-11H2,2H3. The zero-order valence-corrected chi connectivity index (χ0v) is 9.60. The molecule has 82 valence electrons. The quantitative estimate of drug-likeness (QED) is 0.521. The van der Waals surface area contributed by atoms with Crippen molar-refractivity contribution in [3.05, 3.63) is 12.7 Å². The smallest absolute Gasteiger partial charge is 0.00695 e. The van der Waals surface area contributed by atoms with E-state index >= 15 is 0 Å². The highest BCUT2D eigenvalue weighted by Crippen LogP contribution is 2.18. The molecule has 1 unspecified atom stereocenters. The Morgan fingerprint density at radius 1 is 1.29 bits per heavy atom. The maximum atomic E-state index is 3.77. The van der Waals surface area contributed by atoms with Crippen molar-refractivity contribution in [2.45, 2.75) is 70.4 Å². The maximum Gasteiger partial charge on any atom is 0.00695 e. The van der Waals surface area contributed by atoms with Crippen molar-refractivity contribution in [1.29, 1.82) is 0 Å². The average molecular weight is 195 g/mol. The molecule has 0 aromatic carbocycles. The Morgan fingerprint density at radius 3 is 2.50 bits per heavy atom. The SMILES string of the molecule is C=CCCC(C)NC1CCCCCC1. The van der Waals surface area contributed by atoms with Crippen molar-refractivity contribution in [3.8, 4) is 0 Å².